The molecule has 4 aromatic carbocycles. The van der Waals surface area contributed by atoms with Crippen LogP contribution in [-0.2, 0) is 0 Å². The molecule has 0 spiro atoms. The Morgan fingerprint density at radius 1 is 0.677 bits per heavy atom. The minimum Gasteiger partial charge on any atom is -0.278 e. The maximum Gasteiger partial charge on any atom is 0.0688 e. The summed E-state index contributed by atoms with van der Waals surface area (Å²) < 4.78 is 0. The maximum absolute atomic E-state index is 4.87. The Hall–Kier alpha value is -3.91. The molecule has 31 heavy (non-hydrogen) atoms. The van der Waals surface area contributed by atoms with E-state index in [9.17, 15) is 0 Å². The van der Waals surface area contributed by atoms with Gasteiger partial charge in [0.15, 0.2) is 0 Å². The number of fused-ring (bicyclic) bond motifs is 1. The lowest BCUT2D eigenvalue weighted by Gasteiger charge is -2.19. The van der Waals surface area contributed by atoms with Gasteiger partial charge >= 0.3 is 0 Å². The summed E-state index contributed by atoms with van der Waals surface area (Å²) in [6.07, 6.45) is 3.16. The summed E-state index contributed by atoms with van der Waals surface area (Å²) in [6, 6.07) is 40.0. The molecule has 150 valence electrons. The molecule has 2 nitrogen and oxygen atoms in total. The van der Waals surface area contributed by atoms with Crippen molar-refractivity contribution in [3.05, 3.63) is 138 Å². The van der Waals surface area contributed by atoms with Crippen molar-refractivity contribution in [2.24, 2.45) is 5.10 Å². The van der Waals surface area contributed by atoms with Gasteiger partial charge in [-0.05, 0) is 40.0 Å². The third kappa shape index (κ3) is 4.19. The Labute approximate surface area is 183 Å². The molecular formula is C29H24N2. The van der Waals surface area contributed by atoms with Crippen molar-refractivity contribution in [2.45, 2.75) is 12.3 Å². The van der Waals surface area contributed by atoms with Crippen LogP contribution in [0.25, 0.3) is 11.6 Å². The van der Waals surface area contributed by atoms with Gasteiger partial charge in [-0.3, -0.25) is 5.43 Å². The highest BCUT2D eigenvalue weighted by Crippen LogP contribution is 2.44. The number of rotatable bonds is 6. The van der Waals surface area contributed by atoms with E-state index in [2.05, 4.69) is 90.4 Å². The lowest BCUT2D eigenvalue weighted by Crippen LogP contribution is -2.11. The second-order valence-corrected chi connectivity index (χ2v) is 7.75. The molecule has 2 heteroatoms. The predicted octanol–water partition coefficient (Wildman–Crippen LogP) is 7.23. The van der Waals surface area contributed by atoms with Crippen LogP contribution in [0.4, 0.5) is 5.69 Å². The van der Waals surface area contributed by atoms with Crippen LogP contribution >= 0.6 is 0 Å². The van der Waals surface area contributed by atoms with Crippen LogP contribution in [0.15, 0.2) is 120 Å². The summed E-state index contributed by atoms with van der Waals surface area (Å²) in [5, 5.41) is 4.87. The third-order valence-electron chi connectivity index (χ3n) is 5.76. The first-order valence-electron chi connectivity index (χ1n) is 10.7. The minimum atomic E-state index is 0.259. The van der Waals surface area contributed by atoms with E-state index in [1.165, 1.54) is 22.3 Å². The van der Waals surface area contributed by atoms with Gasteiger partial charge in [0.1, 0.15) is 0 Å². The van der Waals surface area contributed by atoms with E-state index in [1.807, 2.05) is 36.4 Å². The largest absolute Gasteiger partial charge is 0.278 e. The van der Waals surface area contributed by atoms with Gasteiger partial charge in [0.25, 0.3) is 0 Å². The lowest BCUT2D eigenvalue weighted by molar-refractivity contribution is 0.924. The summed E-state index contributed by atoms with van der Waals surface area (Å²) in [6.45, 7) is 0. The average molecular weight is 401 g/mol. The normalized spacial score (nSPS) is 15.3. The predicted molar refractivity (Wildman–Crippen MR) is 131 cm³/mol. The summed E-state index contributed by atoms with van der Waals surface area (Å²) in [7, 11) is 0. The number of hydrogen-bond acceptors (Lipinski definition) is 2. The number of anilines is 1. The standard InChI is InChI=1S/C29H24N2/c1-4-12-22(13-5-1)27-20-24-16-10-11-19-26(24)28(27)21-29(23-14-6-2-7-15-23)31-30-25-17-8-3-9-18-25/h1-20,28,30H,21H2. The Kier molecular flexibility index (Phi) is 5.44. The zero-order valence-electron chi connectivity index (χ0n) is 17.3. The molecule has 0 aliphatic heterocycles. The fourth-order valence-corrected chi connectivity index (χ4v) is 4.23. The molecule has 0 bridgehead atoms. The number of allylic oxidation sites excluding steroid dienone is 1. The smallest absolute Gasteiger partial charge is 0.0688 e. The van der Waals surface area contributed by atoms with Crippen LogP contribution in [0.2, 0.25) is 0 Å². The van der Waals surface area contributed by atoms with Crippen molar-refractivity contribution in [1.82, 2.24) is 0 Å². The van der Waals surface area contributed by atoms with Gasteiger partial charge in [0.05, 0.1) is 11.4 Å². The molecule has 1 N–H and O–H groups in total. The summed E-state index contributed by atoms with van der Waals surface area (Å²) in [5.74, 6) is 0.259. The van der Waals surface area contributed by atoms with Crippen molar-refractivity contribution in [1.29, 1.82) is 0 Å². The fraction of sp³-hybridized carbons (Fsp3) is 0.0690. The summed E-state index contributed by atoms with van der Waals surface area (Å²) >= 11 is 0. The van der Waals surface area contributed by atoms with Crippen LogP contribution < -0.4 is 5.43 Å². The van der Waals surface area contributed by atoms with E-state index in [-0.39, 0.29) is 5.92 Å². The second-order valence-electron chi connectivity index (χ2n) is 7.75. The molecule has 5 rings (SSSR count). The van der Waals surface area contributed by atoms with Crippen LogP contribution in [-0.4, -0.2) is 5.71 Å². The third-order valence-corrected chi connectivity index (χ3v) is 5.76. The molecule has 0 saturated carbocycles. The maximum atomic E-state index is 4.87. The van der Waals surface area contributed by atoms with Gasteiger partial charge in [0.2, 0.25) is 0 Å². The second kappa shape index (κ2) is 8.85. The van der Waals surface area contributed by atoms with Gasteiger partial charge in [0, 0.05) is 12.3 Å². The first-order valence-corrected chi connectivity index (χ1v) is 10.7. The Bertz CT molecular complexity index is 1210. The number of hydrazone groups is 1. The van der Waals surface area contributed by atoms with Crippen molar-refractivity contribution >= 4 is 23.0 Å². The first kappa shape index (κ1) is 19.1. The van der Waals surface area contributed by atoms with Crippen LogP contribution in [0.3, 0.4) is 0 Å². The van der Waals surface area contributed by atoms with E-state index in [0.717, 1.165) is 23.4 Å². The molecule has 0 amide bonds. The molecule has 0 aromatic heterocycles. The lowest BCUT2D eigenvalue weighted by atomic mass is 9.85. The zero-order valence-corrected chi connectivity index (χ0v) is 17.3. The number of hydrogen-bond donors (Lipinski definition) is 1. The van der Waals surface area contributed by atoms with Gasteiger partial charge in [-0.1, -0.05) is 109 Å². The molecule has 0 radical (unpaired) electrons. The van der Waals surface area contributed by atoms with Crippen LogP contribution in [0, 0.1) is 0 Å². The summed E-state index contributed by atoms with van der Waals surface area (Å²) in [4.78, 5) is 0. The van der Waals surface area contributed by atoms with Crippen LogP contribution in [0.5, 0.6) is 0 Å². The molecule has 0 fully saturated rings. The van der Waals surface area contributed by atoms with Crippen molar-refractivity contribution in [2.75, 3.05) is 5.43 Å². The van der Waals surface area contributed by atoms with Crippen LogP contribution in [0.1, 0.15) is 34.6 Å². The molecule has 1 aliphatic rings. The molecule has 1 unspecified atom stereocenters. The molecule has 4 aromatic rings. The quantitative estimate of drug-likeness (QED) is 0.268. The Morgan fingerprint density at radius 3 is 2.03 bits per heavy atom. The Morgan fingerprint density at radius 2 is 1.29 bits per heavy atom. The highest BCUT2D eigenvalue weighted by Gasteiger charge is 2.27. The van der Waals surface area contributed by atoms with Crippen molar-refractivity contribution in [3.63, 3.8) is 0 Å². The first-order chi connectivity index (χ1) is 15.4. The molecular weight excluding hydrogens is 376 g/mol. The number of para-hydroxylation sites is 1. The minimum absolute atomic E-state index is 0.259. The summed E-state index contributed by atoms with van der Waals surface area (Å²) in [5.41, 5.74) is 11.7. The fourth-order valence-electron chi connectivity index (χ4n) is 4.23. The van der Waals surface area contributed by atoms with E-state index in [0.29, 0.717) is 0 Å². The Balaban J connectivity index is 1.53. The molecule has 0 heterocycles. The van der Waals surface area contributed by atoms with Gasteiger partial charge in [-0.25, -0.2) is 0 Å². The van der Waals surface area contributed by atoms with E-state index < -0.39 is 0 Å². The van der Waals surface area contributed by atoms with Gasteiger partial charge in [-0.2, -0.15) is 5.10 Å². The van der Waals surface area contributed by atoms with E-state index in [4.69, 9.17) is 5.10 Å². The van der Waals surface area contributed by atoms with E-state index >= 15 is 0 Å². The SMILES string of the molecule is C1=C(c2ccccc2)C(CC(=NNc2ccccc2)c2ccccc2)c2ccccc21. The molecule has 1 atom stereocenters. The topological polar surface area (TPSA) is 24.4 Å². The van der Waals surface area contributed by atoms with E-state index in [1.54, 1.807) is 0 Å². The highest BCUT2D eigenvalue weighted by atomic mass is 15.3. The average Bonchev–Trinajstić information content (AvgIpc) is 3.22. The monoisotopic (exact) mass is 400 g/mol. The number of nitrogens with zero attached hydrogens (tertiary/aromatic N) is 1. The van der Waals surface area contributed by atoms with Crippen molar-refractivity contribution < 1.29 is 0 Å². The zero-order chi connectivity index (χ0) is 20.9. The highest BCUT2D eigenvalue weighted by molar-refractivity contribution is 6.04. The van der Waals surface area contributed by atoms with Gasteiger partial charge in [-0.15, -0.1) is 0 Å². The molecule has 0 saturated heterocycles. The molecule has 1 aliphatic carbocycles. The number of benzene rings is 4. The number of nitrogens with one attached hydrogen (secondary N) is 1. The van der Waals surface area contributed by atoms with Crippen molar-refractivity contribution in [3.8, 4) is 0 Å². The van der Waals surface area contributed by atoms with Gasteiger partial charge < -0.3 is 0 Å².